The number of fused-ring (bicyclic) bond motifs is 3. The minimum absolute atomic E-state index is 0.943. The molecular formula is C23H15N5. The predicted molar refractivity (Wildman–Crippen MR) is 111 cm³/mol. The molecule has 4 heterocycles. The molecule has 6 aromatic rings. The number of benzene rings is 2. The van der Waals surface area contributed by atoms with Crippen molar-refractivity contribution in [2.45, 2.75) is 0 Å². The van der Waals surface area contributed by atoms with Crippen LogP contribution in [0.3, 0.4) is 0 Å². The van der Waals surface area contributed by atoms with Gasteiger partial charge in [-0.15, -0.1) is 0 Å². The van der Waals surface area contributed by atoms with Crippen molar-refractivity contribution in [3.8, 4) is 22.4 Å². The lowest BCUT2D eigenvalue weighted by molar-refractivity contribution is 0.967. The first-order valence-corrected chi connectivity index (χ1v) is 9.11. The minimum atomic E-state index is 0.943. The van der Waals surface area contributed by atoms with E-state index < -0.39 is 0 Å². The van der Waals surface area contributed by atoms with E-state index in [9.17, 15) is 0 Å². The van der Waals surface area contributed by atoms with Gasteiger partial charge >= 0.3 is 0 Å². The maximum absolute atomic E-state index is 4.80. The first-order chi connectivity index (χ1) is 13.8. The average molecular weight is 361 g/mol. The van der Waals surface area contributed by atoms with Gasteiger partial charge in [0.05, 0.1) is 28.6 Å². The number of H-pyrrole nitrogens is 1. The highest BCUT2D eigenvalue weighted by Gasteiger charge is 2.08. The van der Waals surface area contributed by atoms with E-state index in [4.69, 9.17) is 5.10 Å². The number of aromatic amines is 1. The zero-order chi connectivity index (χ0) is 18.5. The van der Waals surface area contributed by atoms with E-state index in [-0.39, 0.29) is 0 Å². The number of nitrogens with zero attached hydrogens (tertiary/aromatic N) is 4. The summed E-state index contributed by atoms with van der Waals surface area (Å²) < 4.78 is 1.94. The lowest BCUT2D eigenvalue weighted by atomic mass is 10.0. The maximum atomic E-state index is 4.80. The van der Waals surface area contributed by atoms with Gasteiger partial charge in [0.25, 0.3) is 0 Å². The largest absolute Gasteiger partial charge is 0.345 e. The molecule has 132 valence electrons. The van der Waals surface area contributed by atoms with Crippen LogP contribution in [0.25, 0.3) is 49.7 Å². The molecule has 0 amide bonds. The van der Waals surface area contributed by atoms with Crippen LogP contribution in [0.1, 0.15) is 0 Å². The van der Waals surface area contributed by atoms with Crippen molar-refractivity contribution in [1.82, 2.24) is 24.6 Å². The monoisotopic (exact) mass is 361 g/mol. The van der Waals surface area contributed by atoms with Crippen molar-refractivity contribution >= 4 is 27.3 Å². The van der Waals surface area contributed by atoms with Crippen LogP contribution >= 0.6 is 0 Å². The number of aromatic nitrogens is 5. The first kappa shape index (κ1) is 15.1. The van der Waals surface area contributed by atoms with E-state index >= 15 is 0 Å². The van der Waals surface area contributed by atoms with Gasteiger partial charge in [-0.2, -0.15) is 5.10 Å². The number of rotatable bonds is 2. The van der Waals surface area contributed by atoms with Crippen LogP contribution in [0.5, 0.6) is 0 Å². The van der Waals surface area contributed by atoms with Crippen LogP contribution in [-0.4, -0.2) is 24.6 Å². The number of hydrogen-bond acceptors (Lipinski definition) is 3. The molecule has 4 aromatic heterocycles. The van der Waals surface area contributed by atoms with Gasteiger partial charge in [0, 0.05) is 35.1 Å². The van der Waals surface area contributed by atoms with Crippen molar-refractivity contribution in [2.75, 3.05) is 0 Å². The van der Waals surface area contributed by atoms with E-state index in [1.807, 2.05) is 29.0 Å². The Morgan fingerprint density at radius 3 is 2.71 bits per heavy atom. The molecule has 0 atom stereocenters. The molecule has 0 aliphatic rings. The third-order valence-corrected chi connectivity index (χ3v) is 5.15. The van der Waals surface area contributed by atoms with Crippen LogP contribution in [-0.2, 0) is 0 Å². The molecule has 5 nitrogen and oxygen atoms in total. The van der Waals surface area contributed by atoms with Crippen LogP contribution in [0.15, 0.2) is 85.6 Å². The standard InChI is InChI=1S/C23H15N5/c1-2-18-12-24-8-7-16(18)9-15(1)19-3-5-20-11-22(27-28(20)13-19)17-4-6-21-23(10-17)26-14-25-21/h1-14H,(H,25,26). The topological polar surface area (TPSA) is 58.9 Å². The van der Waals surface area contributed by atoms with Gasteiger partial charge in [-0.1, -0.05) is 24.3 Å². The molecule has 0 bridgehead atoms. The van der Waals surface area contributed by atoms with Gasteiger partial charge in [-0.25, -0.2) is 9.50 Å². The molecule has 0 unspecified atom stereocenters. The highest BCUT2D eigenvalue weighted by atomic mass is 15.2. The zero-order valence-corrected chi connectivity index (χ0v) is 14.9. The summed E-state index contributed by atoms with van der Waals surface area (Å²) in [5.74, 6) is 0. The minimum Gasteiger partial charge on any atom is -0.345 e. The Bertz CT molecular complexity index is 1470. The summed E-state index contributed by atoms with van der Waals surface area (Å²) in [5, 5.41) is 7.12. The quantitative estimate of drug-likeness (QED) is 0.467. The Balaban J connectivity index is 1.45. The predicted octanol–water partition coefficient (Wildman–Crippen LogP) is 5.09. The van der Waals surface area contributed by atoms with Gasteiger partial charge in [0.15, 0.2) is 0 Å². The number of imidazole rings is 1. The van der Waals surface area contributed by atoms with Gasteiger partial charge in [0.1, 0.15) is 0 Å². The van der Waals surface area contributed by atoms with Crippen molar-refractivity contribution in [1.29, 1.82) is 0 Å². The van der Waals surface area contributed by atoms with Crippen LogP contribution in [0.4, 0.5) is 0 Å². The molecule has 0 spiro atoms. The average Bonchev–Trinajstić information content (AvgIpc) is 3.39. The summed E-state index contributed by atoms with van der Waals surface area (Å²) >= 11 is 0. The van der Waals surface area contributed by atoms with Crippen LogP contribution in [0, 0.1) is 0 Å². The van der Waals surface area contributed by atoms with E-state index in [2.05, 4.69) is 69.7 Å². The Kier molecular flexibility index (Phi) is 3.10. The SMILES string of the molecule is c1cc2cc(-c3ccc4cc(-c5ccc6nc[nH]c6c5)nn4c3)ccc2cn1. The Morgan fingerprint density at radius 2 is 1.71 bits per heavy atom. The molecule has 28 heavy (non-hydrogen) atoms. The van der Waals surface area contributed by atoms with Gasteiger partial charge < -0.3 is 4.98 Å². The van der Waals surface area contributed by atoms with Crippen molar-refractivity contribution in [2.24, 2.45) is 0 Å². The van der Waals surface area contributed by atoms with E-state index in [1.165, 1.54) is 5.39 Å². The lowest BCUT2D eigenvalue weighted by Crippen LogP contribution is -1.89. The van der Waals surface area contributed by atoms with Crippen molar-refractivity contribution in [3.05, 3.63) is 85.6 Å². The third kappa shape index (κ3) is 2.37. The molecule has 0 saturated heterocycles. The molecule has 1 N–H and O–H groups in total. The smallest absolute Gasteiger partial charge is 0.0934 e. The summed E-state index contributed by atoms with van der Waals surface area (Å²) in [5.41, 5.74) is 7.34. The molecule has 5 heteroatoms. The van der Waals surface area contributed by atoms with Crippen LogP contribution < -0.4 is 0 Å². The Labute approximate surface area is 160 Å². The third-order valence-electron chi connectivity index (χ3n) is 5.15. The molecular weight excluding hydrogens is 346 g/mol. The van der Waals surface area contributed by atoms with Gasteiger partial charge in [0.2, 0.25) is 0 Å². The van der Waals surface area contributed by atoms with E-state index in [1.54, 1.807) is 6.33 Å². The molecule has 0 radical (unpaired) electrons. The lowest BCUT2D eigenvalue weighted by Gasteiger charge is -2.04. The van der Waals surface area contributed by atoms with Gasteiger partial charge in [-0.3, -0.25) is 4.98 Å². The Hall–Kier alpha value is -3.99. The summed E-state index contributed by atoms with van der Waals surface area (Å²) in [6.07, 6.45) is 7.50. The Morgan fingerprint density at radius 1 is 0.786 bits per heavy atom. The number of nitrogens with one attached hydrogen (secondary N) is 1. The fraction of sp³-hybridized carbons (Fsp3) is 0. The second-order valence-corrected chi connectivity index (χ2v) is 6.89. The summed E-state index contributed by atoms with van der Waals surface area (Å²) in [7, 11) is 0. The van der Waals surface area contributed by atoms with Crippen molar-refractivity contribution in [3.63, 3.8) is 0 Å². The first-order valence-electron chi connectivity index (χ1n) is 9.11. The number of hydrogen-bond donors (Lipinski definition) is 1. The summed E-state index contributed by atoms with van der Waals surface area (Å²) in [6.45, 7) is 0. The highest BCUT2D eigenvalue weighted by Crippen LogP contribution is 2.27. The molecule has 2 aromatic carbocycles. The highest BCUT2D eigenvalue weighted by molar-refractivity contribution is 5.87. The number of pyridine rings is 2. The fourth-order valence-electron chi connectivity index (χ4n) is 3.66. The zero-order valence-electron chi connectivity index (χ0n) is 14.9. The molecule has 6 rings (SSSR count). The van der Waals surface area contributed by atoms with Crippen LogP contribution in [0.2, 0.25) is 0 Å². The van der Waals surface area contributed by atoms with Gasteiger partial charge in [-0.05, 0) is 47.3 Å². The fourth-order valence-corrected chi connectivity index (χ4v) is 3.66. The molecule has 0 fully saturated rings. The summed E-state index contributed by atoms with van der Waals surface area (Å²) in [6, 6.07) is 21.0. The molecule has 0 aliphatic heterocycles. The molecule has 0 aliphatic carbocycles. The van der Waals surface area contributed by atoms with E-state index in [0.717, 1.165) is 44.3 Å². The maximum Gasteiger partial charge on any atom is 0.0934 e. The van der Waals surface area contributed by atoms with Crippen molar-refractivity contribution < 1.29 is 0 Å². The molecule has 0 saturated carbocycles. The second-order valence-electron chi connectivity index (χ2n) is 6.89. The second kappa shape index (κ2) is 5.76. The normalized spacial score (nSPS) is 11.6. The van der Waals surface area contributed by atoms with E-state index in [0.29, 0.717) is 0 Å². The summed E-state index contributed by atoms with van der Waals surface area (Å²) in [4.78, 5) is 11.6.